The van der Waals surface area contributed by atoms with E-state index in [1.165, 1.54) is 30.9 Å². The Labute approximate surface area is 98.0 Å². The molecule has 0 spiro atoms. The number of hydrogen-bond donors (Lipinski definition) is 0. The van der Waals surface area contributed by atoms with E-state index in [2.05, 4.69) is 4.74 Å². The van der Waals surface area contributed by atoms with E-state index in [1.54, 1.807) is 0 Å². The van der Waals surface area contributed by atoms with E-state index in [1.807, 2.05) is 0 Å². The van der Waals surface area contributed by atoms with Crippen LogP contribution in [0.15, 0.2) is 17.1 Å². The van der Waals surface area contributed by atoms with E-state index in [0.717, 1.165) is 12.8 Å². The molecule has 1 aromatic rings. The molecule has 0 atom stereocenters. The van der Waals surface area contributed by atoms with Crippen molar-refractivity contribution >= 4 is 11.8 Å². The summed E-state index contributed by atoms with van der Waals surface area (Å²) in [7, 11) is 1.25. The van der Waals surface area contributed by atoms with E-state index >= 15 is 0 Å². The molecular weight excluding hydrogens is 222 g/mol. The summed E-state index contributed by atoms with van der Waals surface area (Å²) in [4.78, 5) is 34.7. The molecule has 2 rings (SSSR count). The molecule has 0 saturated heterocycles. The van der Waals surface area contributed by atoms with Crippen LogP contribution in [-0.4, -0.2) is 23.4 Å². The van der Waals surface area contributed by atoms with Gasteiger partial charge in [-0.15, -0.1) is 0 Å². The molecule has 5 heteroatoms. The van der Waals surface area contributed by atoms with Crippen LogP contribution in [-0.2, 0) is 4.74 Å². The predicted molar refractivity (Wildman–Crippen MR) is 60.3 cm³/mol. The lowest BCUT2D eigenvalue weighted by atomic mass is 10.1. The average molecular weight is 235 g/mol. The van der Waals surface area contributed by atoms with E-state index in [9.17, 15) is 14.4 Å². The van der Waals surface area contributed by atoms with E-state index < -0.39 is 5.97 Å². The fourth-order valence-electron chi connectivity index (χ4n) is 1.75. The maximum Gasteiger partial charge on any atom is 0.340 e. The van der Waals surface area contributed by atoms with Crippen LogP contribution in [0.3, 0.4) is 0 Å². The van der Waals surface area contributed by atoms with Gasteiger partial charge in [-0.2, -0.15) is 0 Å². The van der Waals surface area contributed by atoms with Crippen molar-refractivity contribution in [2.75, 3.05) is 7.11 Å². The number of carbonyl (C=O) groups is 2. The summed E-state index contributed by atoms with van der Waals surface area (Å²) in [5.74, 6) is -0.907. The SMILES string of the molecule is COC(=O)c1cn(C2CC2)c(=O)cc1C(C)=O. The maximum absolute atomic E-state index is 11.7. The highest BCUT2D eigenvalue weighted by Gasteiger charge is 2.27. The minimum Gasteiger partial charge on any atom is -0.465 e. The van der Waals surface area contributed by atoms with Gasteiger partial charge in [-0.3, -0.25) is 9.59 Å². The highest BCUT2D eigenvalue weighted by molar-refractivity contribution is 6.05. The van der Waals surface area contributed by atoms with Crippen LogP contribution in [0.1, 0.15) is 46.5 Å². The first kappa shape index (κ1) is 11.6. The number of nitrogens with zero attached hydrogens (tertiary/aromatic N) is 1. The first-order valence-corrected chi connectivity index (χ1v) is 5.40. The molecule has 1 aliphatic rings. The van der Waals surface area contributed by atoms with Crippen LogP contribution in [0.5, 0.6) is 0 Å². The molecule has 17 heavy (non-hydrogen) atoms. The maximum atomic E-state index is 11.7. The van der Waals surface area contributed by atoms with Gasteiger partial charge < -0.3 is 9.30 Å². The van der Waals surface area contributed by atoms with Gasteiger partial charge in [0, 0.05) is 23.9 Å². The molecule has 0 N–H and O–H groups in total. The molecule has 0 amide bonds. The molecule has 1 aromatic heterocycles. The largest absolute Gasteiger partial charge is 0.465 e. The van der Waals surface area contributed by atoms with Crippen molar-refractivity contribution in [2.24, 2.45) is 0 Å². The van der Waals surface area contributed by atoms with Gasteiger partial charge in [0.25, 0.3) is 5.56 Å². The second kappa shape index (κ2) is 4.16. The molecule has 1 fully saturated rings. The number of Topliss-reactive ketones (excluding diaryl/α,β-unsaturated/α-hetero) is 1. The Balaban J connectivity index is 2.59. The lowest BCUT2D eigenvalue weighted by Gasteiger charge is -2.09. The van der Waals surface area contributed by atoms with Gasteiger partial charge in [0.1, 0.15) is 0 Å². The fraction of sp³-hybridized carbons (Fsp3) is 0.417. The lowest BCUT2D eigenvalue weighted by molar-refractivity contribution is 0.0596. The first-order chi connectivity index (χ1) is 8.04. The Morgan fingerprint density at radius 2 is 2.00 bits per heavy atom. The normalized spacial score (nSPS) is 14.5. The zero-order valence-corrected chi connectivity index (χ0v) is 9.73. The third kappa shape index (κ3) is 2.13. The van der Waals surface area contributed by atoms with E-state index in [-0.39, 0.29) is 28.5 Å². The Hall–Kier alpha value is -1.91. The van der Waals surface area contributed by atoms with Crippen molar-refractivity contribution in [1.29, 1.82) is 0 Å². The Bertz CT molecular complexity index is 540. The van der Waals surface area contributed by atoms with Gasteiger partial charge in [0.2, 0.25) is 0 Å². The lowest BCUT2D eigenvalue weighted by Crippen LogP contribution is -2.23. The van der Waals surface area contributed by atoms with Crippen LogP contribution >= 0.6 is 0 Å². The molecule has 90 valence electrons. The van der Waals surface area contributed by atoms with Crippen molar-refractivity contribution in [2.45, 2.75) is 25.8 Å². The number of aromatic nitrogens is 1. The van der Waals surface area contributed by atoms with Crippen LogP contribution in [0, 0.1) is 0 Å². The number of carbonyl (C=O) groups excluding carboxylic acids is 2. The minimum atomic E-state index is -0.593. The molecule has 1 aliphatic carbocycles. The topological polar surface area (TPSA) is 65.4 Å². The van der Waals surface area contributed by atoms with Crippen LogP contribution in [0.2, 0.25) is 0 Å². The van der Waals surface area contributed by atoms with Crippen molar-refractivity contribution in [1.82, 2.24) is 4.57 Å². The minimum absolute atomic E-state index is 0.124. The number of rotatable bonds is 3. The predicted octanol–water partition coefficient (Wildman–Crippen LogP) is 1.17. The Kier molecular flexibility index (Phi) is 2.83. The molecule has 1 heterocycles. The highest BCUT2D eigenvalue weighted by atomic mass is 16.5. The summed E-state index contributed by atoms with van der Waals surface area (Å²) >= 11 is 0. The highest BCUT2D eigenvalue weighted by Crippen LogP contribution is 2.33. The average Bonchev–Trinajstić information content (AvgIpc) is 3.11. The number of ether oxygens (including phenoxy) is 1. The van der Waals surface area contributed by atoms with Gasteiger partial charge in [-0.05, 0) is 19.8 Å². The summed E-state index contributed by atoms with van der Waals surface area (Å²) < 4.78 is 6.11. The molecule has 5 nitrogen and oxygen atoms in total. The van der Waals surface area contributed by atoms with Crippen LogP contribution in [0.25, 0.3) is 0 Å². The summed E-state index contributed by atoms with van der Waals surface area (Å²) in [5.41, 5.74) is 0.0376. The van der Waals surface area contributed by atoms with Gasteiger partial charge in [0.05, 0.1) is 12.7 Å². The van der Waals surface area contributed by atoms with Crippen molar-refractivity contribution < 1.29 is 14.3 Å². The van der Waals surface area contributed by atoms with E-state index in [0.29, 0.717) is 0 Å². The number of esters is 1. The third-order valence-corrected chi connectivity index (χ3v) is 2.81. The molecule has 0 bridgehead atoms. The number of hydrogen-bond acceptors (Lipinski definition) is 4. The molecule has 0 aromatic carbocycles. The summed E-state index contributed by atoms with van der Waals surface area (Å²) in [6, 6.07) is 1.37. The number of ketones is 1. The molecule has 0 unspecified atom stereocenters. The molecule has 0 radical (unpaired) electrons. The Morgan fingerprint density at radius 1 is 1.35 bits per heavy atom. The van der Waals surface area contributed by atoms with Crippen molar-refractivity contribution in [3.8, 4) is 0 Å². The second-order valence-electron chi connectivity index (χ2n) is 4.13. The molecule has 0 aliphatic heterocycles. The van der Waals surface area contributed by atoms with Gasteiger partial charge in [0.15, 0.2) is 5.78 Å². The standard InChI is InChI=1S/C12H13NO4/c1-7(14)9-5-11(15)13(8-3-4-8)6-10(9)12(16)17-2/h5-6,8H,3-4H2,1-2H3. The van der Waals surface area contributed by atoms with Gasteiger partial charge in [-0.25, -0.2) is 4.79 Å². The van der Waals surface area contributed by atoms with Crippen molar-refractivity contribution in [3.63, 3.8) is 0 Å². The fourth-order valence-corrected chi connectivity index (χ4v) is 1.75. The van der Waals surface area contributed by atoms with E-state index in [4.69, 9.17) is 0 Å². The smallest absolute Gasteiger partial charge is 0.340 e. The number of pyridine rings is 1. The monoisotopic (exact) mass is 235 g/mol. The zero-order chi connectivity index (χ0) is 12.6. The van der Waals surface area contributed by atoms with Gasteiger partial charge >= 0.3 is 5.97 Å². The second-order valence-corrected chi connectivity index (χ2v) is 4.13. The van der Waals surface area contributed by atoms with Gasteiger partial charge in [-0.1, -0.05) is 0 Å². The summed E-state index contributed by atoms with van der Waals surface area (Å²) in [5, 5.41) is 0. The summed E-state index contributed by atoms with van der Waals surface area (Å²) in [6.07, 6.45) is 3.29. The van der Waals surface area contributed by atoms with Crippen LogP contribution in [0.4, 0.5) is 0 Å². The number of methoxy groups -OCH3 is 1. The zero-order valence-electron chi connectivity index (χ0n) is 9.73. The Morgan fingerprint density at radius 3 is 2.47 bits per heavy atom. The quantitative estimate of drug-likeness (QED) is 0.582. The third-order valence-electron chi connectivity index (χ3n) is 2.81. The van der Waals surface area contributed by atoms with Crippen LogP contribution < -0.4 is 5.56 Å². The first-order valence-electron chi connectivity index (χ1n) is 5.40. The molecule has 1 saturated carbocycles. The molecular formula is C12H13NO4. The van der Waals surface area contributed by atoms with Crippen molar-refractivity contribution in [3.05, 3.63) is 33.7 Å². The summed E-state index contributed by atoms with van der Waals surface area (Å²) in [6.45, 7) is 1.32.